The summed E-state index contributed by atoms with van der Waals surface area (Å²) in [6.45, 7) is 4.22. The molecule has 0 fully saturated rings. The van der Waals surface area contributed by atoms with Crippen molar-refractivity contribution in [1.82, 2.24) is 0 Å². The van der Waals surface area contributed by atoms with Gasteiger partial charge in [-0.15, -0.1) is 68.0 Å². The Labute approximate surface area is 249 Å². The fourth-order valence-corrected chi connectivity index (χ4v) is 12.6. The van der Waals surface area contributed by atoms with Crippen LogP contribution >= 0.6 is 99.9 Å². The van der Waals surface area contributed by atoms with E-state index in [0.717, 1.165) is 39.6 Å². The summed E-state index contributed by atoms with van der Waals surface area (Å²) in [5, 5.41) is 0. The Morgan fingerprint density at radius 3 is 1.22 bits per heavy atom. The van der Waals surface area contributed by atoms with Crippen LogP contribution in [0.1, 0.15) is 27.0 Å². The van der Waals surface area contributed by atoms with Crippen LogP contribution in [-0.4, -0.2) is 5.78 Å². The SMILES string of the molecule is Cc1c(-c2ccc(-c3ccc(Br)s3)s2)sc2c1C(=O)c1c-2sc(-c2ccc(-c3ccc(Br)s3)s2)c1C. The summed E-state index contributed by atoms with van der Waals surface area (Å²) < 4.78 is 2.28. The Morgan fingerprint density at radius 1 is 0.472 bits per heavy atom. The molecule has 0 bridgehead atoms. The number of hydrogen-bond acceptors (Lipinski definition) is 7. The van der Waals surface area contributed by atoms with E-state index in [1.807, 2.05) is 0 Å². The van der Waals surface area contributed by atoms with E-state index in [2.05, 4.69) is 94.2 Å². The molecule has 7 rings (SSSR count). The van der Waals surface area contributed by atoms with E-state index in [4.69, 9.17) is 0 Å². The monoisotopic (exact) mass is 704 g/mol. The van der Waals surface area contributed by atoms with E-state index < -0.39 is 0 Å². The maximum atomic E-state index is 13.7. The highest BCUT2D eigenvalue weighted by molar-refractivity contribution is 9.11. The first-order valence-electron chi connectivity index (χ1n) is 10.9. The molecule has 0 aliphatic heterocycles. The summed E-state index contributed by atoms with van der Waals surface area (Å²) in [5.41, 5.74) is 4.06. The van der Waals surface area contributed by atoms with Crippen molar-refractivity contribution >= 4 is 106 Å². The average Bonchev–Trinajstić information content (AvgIpc) is 3.66. The van der Waals surface area contributed by atoms with Gasteiger partial charge in [-0.2, -0.15) is 0 Å². The summed E-state index contributed by atoms with van der Waals surface area (Å²) in [6.07, 6.45) is 0. The van der Waals surface area contributed by atoms with Crippen LogP contribution in [0.25, 0.3) is 48.8 Å². The minimum Gasteiger partial charge on any atom is -0.288 e. The molecule has 9 heteroatoms. The van der Waals surface area contributed by atoms with Crippen LogP contribution in [0.2, 0.25) is 0 Å². The van der Waals surface area contributed by atoms with Gasteiger partial charge in [-0.05, 0) is 105 Å². The highest BCUT2D eigenvalue weighted by atomic mass is 79.9. The topological polar surface area (TPSA) is 17.1 Å². The minimum atomic E-state index is 0.193. The molecule has 1 aliphatic carbocycles. The van der Waals surface area contributed by atoms with Crippen LogP contribution < -0.4 is 0 Å². The highest BCUT2D eigenvalue weighted by Gasteiger charge is 2.37. The Bertz CT molecular complexity index is 1690. The number of thiophene rings is 6. The van der Waals surface area contributed by atoms with E-state index in [-0.39, 0.29) is 5.78 Å². The molecule has 0 saturated heterocycles. The second-order valence-corrected chi connectivity index (χ2v) is 17.5. The zero-order chi connectivity index (χ0) is 24.7. The molecule has 0 N–H and O–H groups in total. The van der Waals surface area contributed by atoms with Crippen molar-refractivity contribution in [2.45, 2.75) is 13.8 Å². The summed E-state index contributed by atoms with van der Waals surface area (Å²) >= 11 is 17.8. The fourth-order valence-electron chi connectivity index (χ4n) is 4.57. The van der Waals surface area contributed by atoms with Gasteiger partial charge in [0.05, 0.1) is 17.3 Å². The van der Waals surface area contributed by atoms with Gasteiger partial charge in [-0.3, -0.25) is 4.79 Å². The predicted molar refractivity (Wildman–Crippen MR) is 169 cm³/mol. The van der Waals surface area contributed by atoms with Crippen LogP contribution in [0.15, 0.2) is 56.1 Å². The molecule has 0 atom stereocenters. The molecule has 178 valence electrons. The van der Waals surface area contributed by atoms with Gasteiger partial charge >= 0.3 is 0 Å². The standard InChI is InChI=1S/C27H14Br2OS6/c1-11-21-23(30)22-12(2)25(18-6-4-14(32-18)16-8-10-20(29)34-16)36-27(22)26(21)35-24(11)17-5-3-13(31-17)15-7-9-19(28)33-15/h3-10H,1-2H3. The van der Waals surface area contributed by atoms with Gasteiger partial charge in [-0.25, -0.2) is 0 Å². The van der Waals surface area contributed by atoms with E-state index >= 15 is 0 Å². The summed E-state index contributed by atoms with van der Waals surface area (Å²) in [4.78, 5) is 26.0. The van der Waals surface area contributed by atoms with Crippen LogP contribution in [0.4, 0.5) is 0 Å². The smallest absolute Gasteiger partial charge is 0.196 e. The zero-order valence-corrected chi connectivity index (χ0v) is 26.8. The number of carbonyl (C=O) groups excluding carboxylic acids is 1. The van der Waals surface area contributed by atoms with Crippen LogP contribution in [0, 0.1) is 13.8 Å². The van der Waals surface area contributed by atoms with Gasteiger partial charge < -0.3 is 0 Å². The predicted octanol–water partition coefficient (Wildman–Crippen LogP) is 12.1. The number of ketones is 1. The van der Waals surface area contributed by atoms with Gasteiger partial charge in [0, 0.05) is 50.1 Å². The molecule has 6 aromatic heterocycles. The number of hydrogen-bond donors (Lipinski definition) is 0. The van der Waals surface area contributed by atoms with E-state index in [0.29, 0.717) is 0 Å². The maximum Gasteiger partial charge on any atom is 0.196 e. The highest BCUT2D eigenvalue weighted by Crippen LogP contribution is 2.56. The average molecular weight is 707 g/mol. The largest absolute Gasteiger partial charge is 0.288 e. The molecule has 0 radical (unpaired) electrons. The molecule has 36 heavy (non-hydrogen) atoms. The molecule has 6 aromatic rings. The summed E-state index contributed by atoms with van der Waals surface area (Å²) in [5.74, 6) is 0.193. The van der Waals surface area contributed by atoms with Gasteiger partial charge in [-0.1, -0.05) is 0 Å². The number of halogens is 2. The molecule has 6 heterocycles. The van der Waals surface area contributed by atoms with Crippen molar-refractivity contribution in [3.8, 4) is 48.8 Å². The number of rotatable bonds is 4. The maximum absolute atomic E-state index is 13.7. The molecule has 0 amide bonds. The van der Waals surface area contributed by atoms with Crippen molar-refractivity contribution < 1.29 is 4.79 Å². The molecule has 1 aliphatic rings. The summed E-state index contributed by atoms with van der Waals surface area (Å²) in [6, 6.07) is 17.3. The molecule has 0 spiro atoms. The van der Waals surface area contributed by atoms with Crippen LogP contribution in [0.5, 0.6) is 0 Å². The van der Waals surface area contributed by atoms with Crippen molar-refractivity contribution in [3.05, 3.63) is 78.4 Å². The number of carbonyl (C=O) groups is 1. The lowest BCUT2D eigenvalue weighted by atomic mass is 10.0. The third-order valence-corrected chi connectivity index (χ3v) is 15.2. The van der Waals surface area contributed by atoms with Crippen molar-refractivity contribution in [3.63, 3.8) is 0 Å². The summed E-state index contributed by atoms with van der Waals surface area (Å²) in [7, 11) is 0. The minimum absolute atomic E-state index is 0.193. The van der Waals surface area contributed by atoms with Gasteiger partial charge in [0.2, 0.25) is 0 Å². The van der Waals surface area contributed by atoms with Gasteiger partial charge in [0.1, 0.15) is 0 Å². The molecule has 0 unspecified atom stereocenters. The Morgan fingerprint density at radius 2 is 0.833 bits per heavy atom. The molecule has 0 saturated carbocycles. The third-order valence-electron chi connectivity index (χ3n) is 6.25. The van der Waals surface area contributed by atoms with E-state index in [1.54, 1.807) is 68.0 Å². The zero-order valence-electron chi connectivity index (χ0n) is 18.7. The lowest BCUT2D eigenvalue weighted by molar-refractivity contribution is 0.104. The lowest BCUT2D eigenvalue weighted by Gasteiger charge is -2.01. The first-order valence-corrected chi connectivity index (χ1v) is 17.4. The second kappa shape index (κ2) is 8.95. The first-order chi connectivity index (χ1) is 17.4. The third kappa shape index (κ3) is 3.70. The molecular formula is C27H14Br2OS6. The fraction of sp³-hybridized carbons (Fsp3) is 0.0741. The lowest BCUT2D eigenvalue weighted by Crippen LogP contribution is -1.98. The van der Waals surface area contributed by atoms with Crippen molar-refractivity contribution in [1.29, 1.82) is 0 Å². The van der Waals surface area contributed by atoms with E-state index in [9.17, 15) is 4.79 Å². The normalized spacial score (nSPS) is 12.5. The van der Waals surface area contributed by atoms with Gasteiger partial charge in [0.15, 0.2) is 5.78 Å². The number of fused-ring (bicyclic) bond motifs is 3. The Kier molecular flexibility index (Phi) is 5.94. The Balaban J connectivity index is 1.28. The Hall–Kier alpha value is -1.17. The van der Waals surface area contributed by atoms with E-state index in [1.165, 1.54) is 39.0 Å². The van der Waals surface area contributed by atoms with Crippen molar-refractivity contribution in [2.75, 3.05) is 0 Å². The van der Waals surface area contributed by atoms with Crippen molar-refractivity contribution in [2.24, 2.45) is 0 Å². The second-order valence-electron chi connectivity index (χ2n) is 8.39. The molecule has 0 aromatic carbocycles. The molecular weight excluding hydrogens is 693 g/mol. The van der Waals surface area contributed by atoms with Gasteiger partial charge in [0.25, 0.3) is 0 Å². The quantitative estimate of drug-likeness (QED) is 0.178. The van der Waals surface area contributed by atoms with Crippen LogP contribution in [0.3, 0.4) is 0 Å². The first kappa shape index (κ1) is 23.9. The molecule has 1 nitrogen and oxygen atoms in total. The van der Waals surface area contributed by atoms with Crippen LogP contribution in [-0.2, 0) is 0 Å².